The van der Waals surface area contributed by atoms with Gasteiger partial charge < -0.3 is 4.90 Å². The first-order chi connectivity index (χ1) is 6.33. The zero-order valence-corrected chi connectivity index (χ0v) is 11.1. The van der Waals surface area contributed by atoms with Crippen LogP contribution in [0.15, 0.2) is 0 Å². The normalized spacial score (nSPS) is 12.9. The molecule has 0 saturated heterocycles. The SMILES string of the molecule is CC(C)N(C)CCCCCC(C)(C)C. The Bertz CT molecular complexity index is 133. The summed E-state index contributed by atoms with van der Waals surface area (Å²) in [6, 6.07) is 0.692. The van der Waals surface area contributed by atoms with E-state index < -0.39 is 0 Å². The fraction of sp³-hybridized carbons (Fsp3) is 1.00. The van der Waals surface area contributed by atoms with E-state index in [2.05, 4.69) is 46.6 Å². The van der Waals surface area contributed by atoms with Crippen molar-refractivity contribution in [2.75, 3.05) is 13.6 Å². The minimum Gasteiger partial charge on any atom is -0.304 e. The molecule has 0 aliphatic heterocycles. The standard InChI is InChI=1S/C13H29N/c1-12(2)14(6)11-9-7-8-10-13(3,4)5/h12H,7-11H2,1-6H3. The maximum atomic E-state index is 2.43. The third kappa shape index (κ3) is 8.55. The van der Waals surface area contributed by atoms with Gasteiger partial charge in [-0.2, -0.15) is 0 Å². The Balaban J connectivity index is 3.30. The van der Waals surface area contributed by atoms with Crippen molar-refractivity contribution in [1.82, 2.24) is 4.90 Å². The summed E-state index contributed by atoms with van der Waals surface area (Å²) in [6.45, 7) is 12.7. The van der Waals surface area contributed by atoms with E-state index in [0.29, 0.717) is 11.5 Å². The highest BCUT2D eigenvalue weighted by molar-refractivity contribution is 4.62. The predicted octanol–water partition coefficient (Wildman–Crippen LogP) is 3.93. The monoisotopic (exact) mass is 199 g/mol. The average molecular weight is 199 g/mol. The molecule has 0 rings (SSSR count). The van der Waals surface area contributed by atoms with Crippen LogP contribution in [0.5, 0.6) is 0 Å². The van der Waals surface area contributed by atoms with Crippen molar-refractivity contribution in [3.8, 4) is 0 Å². The summed E-state index contributed by atoms with van der Waals surface area (Å²) in [6.07, 6.45) is 5.48. The minimum atomic E-state index is 0.518. The molecule has 0 saturated carbocycles. The highest BCUT2D eigenvalue weighted by atomic mass is 15.1. The van der Waals surface area contributed by atoms with Gasteiger partial charge in [-0.1, -0.05) is 33.6 Å². The molecule has 0 amide bonds. The Morgan fingerprint density at radius 2 is 1.57 bits per heavy atom. The molecule has 0 unspecified atom stereocenters. The van der Waals surface area contributed by atoms with Gasteiger partial charge in [-0.05, 0) is 45.7 Å². The highest BCUT2D eigenvalue weighted by Crippen LogP contribution is 2.21. The molecule has 1 heteroatoms. The fourth-order valence-electron chi connectivity index (χ4n) is 1.45. The number of nitrogens with zero attached hydrogens (tertiary/aromatic N) is 1. The number of hydrogen-bond acceptors (Lipinski definition) is 1. The van der Waals surface area contributed by atoms with E-state index in [1.54, 1.807) is 0 Å². The summed E-state index contributed by atoms with van der Waals surface area (Å²) in [4.78, 5) is 2.43. The van der Waals surface area contributed by atoms with E-state index in [4.69, 9.17) is 0 Å². The molecule has 0 N–H and O–H groups in total. The Morgan fingerprint density at radius 1 is 1.00 bits per heavy atom. The molecule has 0 bridgehead atoms. The van der Waals surface area contributed by atoms with E-state index in [0.717, 1.165) is 0 Å². The largest absolute Gasteiger partial charge is 0.304 e. The van der Waals surface area contributed by atoms with Gasteiger partial charge in [0, 0.05) is 6.04 Å². The van der Waals surface area contributed by atoms with Crippen LogP contribution in [-0.2, 0) is 0 Å². The topological polar surface area (TPSA) is 3.24 Å². The van der Waals surface area contributed by atoms with Crippen LogP contribution in [0.1, 0.15) is 60.3 Å². The summed E-state index contributed by atoms with van der Waals surface area (Å²) in [5, 5.41) is 0. The molecule has 1 nitrogen and oxygen atoms in total. The van der Waals surface area contributed by atoms with Gasteiger partial charge in [0.2, 0.25) is 0 Å². The maximum Gasteiger partial charge on any atom is 0.00355 e. The summed E-state index contributed by atoms with van der Waals surface area (Å²) >= 11 is 0. The highest BCUT2D eigenvalue weighted by Gasteiger charge is 2.09. The van der Waals surface area contributed by atoms with Gasteiger partial charge in [0.15, 0.2) is 0 Å². The van der Waals surface area contributed by atoms with E-state index >= 15 is 0 Å². The Morgan fingerprint density at radius 3 is 2.00 bits per heavy atom. The summed E-state index contributed by atoms with van der Waals surface area (Å²) in [5.41, 5.74) is 0.518. The van der Waals surface area contributed by atoms with Gasteiger partial charge >= 0.3 is 0 Å². The molecule has 0 aromatic rings. The molecule has 0 radical (unpaired) electrons. The summed E-state index contributed by atoms with van der Waals surface area (Å²) < 4.78 is 0. The molecule has 0 aromatic carbocycles. The molecule has 0 atom stereocenters. The third-order valence-corrected chi connectivity index (χ3v) is 2.82. The van der Waals surface area contributed by atoms with Crippen molar-refractivity contribution in [3.63, 3.8) is 0 Å². The van der Waals surface area contributed by atoms with Crippen LogP contribution in [0, 0.1) is 5.41 Å². The second-order valence-corrected chi connectivity index (χ2v) is 5.95. The number of rotatable bonds is 6. The van der Waals surface area contributed by atoms with Gasteiger partial charge in [-0.15, -0.1) is 0 Å². The van der Waals surface area contributed by atoms with E-state index in [9.17, 15) is 0 Å². The Labute approximate surface area is 90.9 Å². The van der Waals surface area contributed by atoms with Crippen LogP contribution in [0.2, 0.25) is 0 Å². The van der Waals surface area contributed by atoms with Crippen molar-refractivity contribution in [2.24, 2.45) is 5.41 Å². The van der Waals surface area contributed by atoms with Crippen molar-refractivity contribution in [3.05, 3.63) is 0 Å². The lowest BCUT2D eigenvalue weighted by atomic mass is 9.89. The van der Waals surface area contributed by atoms with Crippen LogP contribution in [-0.4, -0.2) is 24.5 Å². The zero-order valence-electron chi connectivity index (χ0n) is 11.1. The molecule has 0 fully saturated rings. The van der Waals surface area contributed by atoms with Crippen molar-refractivity contribution in [1.29, 1.82) is 0 Å². The second-order valence-electron chi connectivity index (χ2n) is 5.95. The maximum absolute atomic E-state index is 2.43. The first-order valence-electron chi connectivity index (χ1n) is 6.03. The van der Waals surface area contributed by atoms with Crippen LogP contribution >= 0.6 is 0 Å². The first-order valence-corrected chi connectivity index (χ1v) is 6.03. The lowest BCUT2D eigenvalue weighted by Crippen LogP contribution is -2.27. The molecule has 0 aliphatic carbocycles. The quantitative estimate of drug-likeness (QED) is 0.586. The molecule has 0 heterocycles. The molecular weight excluding hydrogens is 170 g/mol. The Hall–Kier alpha value is -0.0400. The molecule has 0 spiro atoms. The predicted molar refractivity (Wildman–Crippen MR) is 65.7 cm³/mol. The van der Waals surface area contributed by atoms with Crippen molar-refractivity contribution in [2.45, 2.75) is 66.3 Å². The molecular formula is C13H29N. The van der Waals surface area contributed by atoms with Gasteiger partial charge in [0.05, 0.1) is 0 Å². The molecule has 14 heavy (non-hydrogen) atoms. The second kappa shape index (κ2) is 6.44. The van der Waals surface area contributed by atoms with Gasteiger partial charge in [0.1, 0.15) is 0 Å². The average Bonchev–Trinajstić information content (AvgIpc) is 2.01. The molecule has 0 aliphatic rings. The van der Waals surface area contributed by atoms with E-state index in [1.165, 1.54) is 32.2 Å². The van der Waals surface area contributed by atoms with Gasteiger partial charge in [-0.25, -0.2) is 0 Å². The van der Waals surface area contributed by atoms with E-state index in [1.807, 2.05) is 0 Å². The molecule has 0 aromatic heterocycles. The smallest absolute Gasteiger partial charge is 0.00355 e. The molecule has 86 valence electrons. The first kappa shape index (κ1) is 14.0. The van der Waals surface area contributed by atoms with Crippen LogP contribution in [0.25, 0.3) is 0 Å². The summed E-state index contributed by atoms with van der Waals surface area (Å²) in [5.74, 6) is 0. The van der Waals surface area contributed by atoms with Crippen LogP contribution < -0.4 is 0 Å². The third-order valence-electron chi connectivity index (χ3n) is 2.82. The number of unbranched alkanes of at least 4 members (excludes halogenated alkanes) is 2. The van der Waals surface area contributed by atoms with Crippen molar-refractivity contribution >= 4 is 0 Å². The lowest BCUT2D eigenvalue weighted by Gasteiger charge is -2.21. The fourth-order valence-corrected chi connectivity index (χ4v) is 1.45. The van der Waals surface area contributed by atoms with Gasteiger partial charge in [0.25, 0.3) is 0 Å². The lowest BCUT2D eigenvalue weighted by molar-refractivity contribution is 0.263. The van der Waals surface area contributed by atoms with E-state index in [-0.39, 0.29) is 0 Å². The van der Waals surface area contributed by atoms with Crippen LogP contribution in [0.4, 0.5) is 0 Å². The van der Waals surface area contributed by atoms with Gasteiger partial charge in [-0.3, -0.25) is 0 Å². The van der Waals surface area contributed by atoms with Crippen molar-refractivity contribution < 1.29 is 0 Å². The summed E-state index contributed by atoms with van der Waals surface area (Å²) in [7, 11) is 2.22. The number of hydrogen-bond donors (Lipinski definition) is 0. The Kier molecular flexibility index (Phi) is 6.43. The minimum absolute atomic E-state index is 0.518. The zero-order chi connectivity index (χ0) is 11.2. The van der Waals surface area contributed by atoms with Crippen LogP contribution in [0.3, 0.4) is 0 Å².